The van der Waals surface area contributed by atoms with Crippen LogP contribution in [-0.4, -0.2) is 72.7 Å². The molecular formula is C27H35N3O4. The van der Waals surface area contributed by atoms with Crippen LogP contribution in [0.4, 0.5) is 0 Å². The van der Waals surface area contributed by atoms with Gasteiger partial charge >= 0.3 is 0 Å². The second kappa shape index (κ2) is 12.9. The molecule has 0 fully saturated rings. The fourth-order valence-corrected chi connectivity index (χ4v) is 3.87. The van der Waals surface area contributed by atoms with Gasteiger partial charge in [0, 0.05) is 57.9 Å². The quantitative estimate of drug-likeness (QED) is 0.361. The predicted octanol–water partition coefficient (Wildman–Crippen LogP) is 3.72. The van der Waals surface area contributed by atoms with E-state index in [4.69, 9.17) is 9.47 Å². The first-order valence-electron chi connectivity index (χ1n) is 11.8. The largest absolute Gasteiger partial charge is 0.383 e. The lowest BCUT2D eigenvalue weighted by molar-refractivity contribution is -0.133. The second-order valence-electron chi connectivity index (χ2n) is 8.26. The van der Waals surface area contributed by atoms with E-state index >= 15 is 0 Å². The molecule has 3 aromatic rings. The summed E-state index contributed by atoms with van der Waals surface area (Å²) in [7, 11) is 3.58. The Balaban J connectivity index is 1.78. The highest BCUT2D eigenvalue weighted by Gasteiger charge is 2.23. The van der Waals surface area contributed by atoms with Crippen LogP contribution in [0, 0.1) is 0 Å². The minimum absolute atomic E-state index is 0.00588. The average molecular weight is 466 g/mol. The smallest absolute Gasteiger partial charge is 0.254 e. The molecule has 7 nitrogen and oxygen atoms in total. The van der Waals surface area contributed by atoms with Crippen LogP contribution in [0.3, 0.4) is 0 Å². The van der Waals surface area contributed by atoms with Crippen LogP contribution >= 0.6 is 0 Å². The fraction of sp³-hybridized carbons (Fsp3) is 0.407. The third-order valence-electron chi connectivity index (χ3n) is 5.85. The van der Waals surface area contributed by atoms with Gasteiger partial charge in [-0.25, -0.2) is 0 Å². The summed E-state index contributed by atoms with van der Waals surface area (Å²) in [5.41, 5.74) is 1.60. The number of carbonyl (C=O) groups is 2. The molecule has 0 radical (unpaired) electrons. The van der Waals surface area contributed by atoms with Crippen molar-refractivity contribution in [3.63, 3.8) is 0 Å². The molecule has 1 aromatic heterocycles. The maximum atomic E-state index is 13.5. The number of carbonyl (C=O) groups excluding carboxylic acids is 2. The zero-order valence-corrected chi connectivity index (χ0v) is 20.4. The number of methoxy groups -OCH3 is 1. The van der Waals surface area contributed by atoms with Crippen molar-refractivity contribution < 1.29 is 19.1 Å². The average Bonchev–Trinajstić information content (AvgIpc) is 3.26. The number of ether oxygens (including phenoxy) is 2. The van der Waals surface area contributed by atoms with E-state index in [-0.39, 0.29) is 18.4 Å². The number of aromatic nitrogens is 1. The molecule has 7 heteroatoms. The molecule has 0 aliphatic heterocycles. The van der Waals surface area contributed by atoms with Crippen molar-refractivity contribution in [3.05, 3.63) is 72.1 Å². The Labute approximate surface area is 201 Å². The van der Waals surface area contributed by atoms with Crippen LogP contribution < -0.4 is 0 Å². The van der Waals surface area contributed by atoms with E-state index in [1.807, 2.05) is 79.3 Å². The summed E-state index contributed by atoms with van der Waals surface area (Å²) in [6.07, 6.45) is 2.62. The molecule has 1 heterocycles. The fourth-order valence-electron chi connectivity index (χ4n) is 3.87. The molecule has 0 atom stereocenters. The van der Waals surface area contributed by atoms with E-state index in [9.17, 15) is 9.59 Å². The van der Waals surface area contributed by atoms with Gasteiger partial charge in [-0.3, -0.25) is 9.59 Å². The first-order valence-corrected chi connectivity index (χ1v) is 11.8. The monoisotopic (exact) mass is 465 g/mol. The van der Waals surface area contributed by atoms with Gasteiger partial charge in [0.25, 0.3) is 5.91 Å². The molecule has 0 spiro atoms. The van der Waals surface area contributed by atoms with Gasteiger partial charge in [0.1, 0.15) is 6.54 Å². The molecule has 0 unspecified atom stereocenters. The highest BCUT2D eigenvalue weighted by molar-refractivity contribution is 6.00. The molecular weight excluding hydrogens is 430 g/mol. The lowest BCUT2D eigenvalue weighted by Crippen LogP contribution is -2.44. The van der Waals surface area contributed by atoms with Crippen molar-refractivity contribution in [1.29, 1.82) is 0 Å². The van der Waals surface area contributed by atoms with Crippen molar-refractivity contribution >= 4 is 22.6 Å². The van der Waals surface area contributed by atoms with Crippen LogP contribution in [0.5, 0.6) is 0 Å². The molecule has 182 valence electrons. The van der Waals surface area contributed by atoms with Crippen molar-refractivity contribution in [2.45, 2.75) is 19.9 Å². The van der Waals surface area contributed by atoms with Gasteiger partial charge in [0.2, 0.25) is 5.91 Å². The maximum Gasteiger partial charge on any atom is 0.254 e. The molecule has 0 saturated carbocycles. The van der Waals surface area contributed by atoms with Gasteiger partial charge in [-0.2, -0.15) is 0 Å². The molecule has 2 amide bonds. The van der Waals surface area contributed by atoms with Crippen LogP contribution in [0.15, 0.2) is 60.8 Å². The summed E-state index contributed by atoms with van der Waals surface area (Å²) >= 11 is 0. The lowest BCUT2D eigenvalue weighted by Gasteiger charge is -2.28. The zero-order chi connectivity index (χ0) is 24.3. The van der Waals surface area contributed by atoms with E-state index in [1.54, 1.807) is 16.9 Å². The first kappa shape index (κ1) is 25.5. The van der Waals surface area contributed by atoms with Crippen LogP contribution in [0.1, 0.15) is 29.4 Å². The molecule has 34 heavy (non-hydrogen) atoms. The van der Waals surface area contributed by atoms with Gasteiger partial charge in [-0.05, 0) is 48.4 Å². The molecule has 0 bridgehead atoms. The predicted molar refractivity (Wildman–Crippen MR) is 134 cm³/mol. The van der Waals surface area contributed by atoms with E-state index in [0.29, 0.717) is 51.4 Å². The minimum Gasteiger partial charge on any atom is -0.383 e. The van der Waals surface area contributed by atoms with E-state index in [1.165, 1.54) is 0 Å². The summed E-state index contributed by atoms with van der Waals surface area (Å²) in [5, 5.41) is 2.07. The van der Waals surface area contributed by atoms with Gasteiger partial charge in [-0.15, -0.1) is 0 Å². The second-order valence-corrected chi connectivity index (χ2v) is 8.26. The summed E-state index contributed by atoms with van der Waals surface area (Å²) in [4.78, 5) is 30.2. The number of fused-ring (bicyclic) bond motifs is 1. The highest BCUT2D eigenvalue weighted by Crippen LogP contribution is 2.17. The van der Waals surface area contributed by atoms with Gasteiger partial charge in [0.15, 0.2) is 0 Å². The number of amides is 2. The summed E-state index contributed by atoms with van der Waals surface area (Å²) in [5.74, 6) is -0.259. The third-order valence-corrected chi connectivity index (χ3v) is 5.85. The number of aryl methyl sites for hydroxylation is 1. The topological polar surface area (TPSA) is 64.0 Å². The molecule has 0 aliphatic rings. The highest BCUT2D eigenvalue weighted by atomic mass is 16.5. The summed E-state index contributed by atoms with van der Waals surface area (Å²) in [6, 6.07) is 17.6. The number of nitrogens with zero attached hydrogens (tertiary/aromatic N) is 3. The lowest BCUT2D eigenvalue weighted by atomic mass is 10.1. The van der Waals surface area contributed by atoms with E-state index in [2.05, 4.69) is 0 Å². The van der Waals surface area contributed by atoms with E-state index in [0.717, 1.165) is 16.5 Å². The van der Waals surface area contributed by atoms with Crippen LogP contribution in [-0.2, 0) is 27.9 Å². The number of benzene rings is 2. The van der Waals surface area contributed by atoms with E-state index < -0.39 is 0 Å². The van der Waals surface area contributed by atoms with Crippen molar-refractivity contribution in [2.75, 3.05) is 46.6 Å². The first-order chi connectivity index (χ1) is 16.5. The van der Waals surface area contributed by atoms with Crippen molar-refractivity contribution in [3.8, 4) is 0 Å². The molecule has 3 rings (SSSR count). The van der Waals surface area contributed by atoms with Crippen LogP contribution in [0.25, 0.3) is 10.8 Å². The number of hydrogen-bond acceptors (Lipinski definition) is 4. The number of rotatable bonds is 13. The normalized spacial score (nSPS) is 11.0. The Bertz CT molecular complexity index is 1080. The molecule has 2 aromatic carbocycles. The Morgan fingerprint density at radius 3 is 2.44 bits per heavy atom. The number of hydrogen-bond donors (Lipinski definition) is 0. The van der Waals surface area contributed by atoms with Gasteiger partial charge in [0.05, 0.1) is 13.2 Å². The molecule has 0 N–H and O–H groups in total. The van der Waals surface area contributed by atoms with Gasteiger partial charge in [-0.1, -0.05) is 30.3 Å². The van der Waals surface area contributed by atoms with Crippen molar-refractivity contribution in [1.82, 2.24) is 14.4 Å². The molecule has 0 aliphatic carbocycles. The third kappa shape index (κ3) is 6.92. The zero-order valence-electron chi connectivity index (χ0n) is 20.4. The summed E-state index contributed by atoms with van der Waals surface area (Å²) in [6.45, 7) is 4.91. The van der Waals surface area contributed by atoms with Crippen LogP contribution in [0.2, 0.25) is 0 Å². The van der Waals surface area contributed by atoms with Crippen molar-refractivity contribution in [2.24, 2.45) is 7.05 Å². The van der Waals surface area contributed by atoms with Gasteiger partial charge < -0.3 is 23.8 Å². The standard InChI is InChI=1S/C27H35N3O4/c1-4-34-17-8-15-30(27(32)24-13-12-22-9-5-6-10-23(22)19-24)21-26(31)29(16-18-33-3)20-25-11-7-14-28(25)2/h5-7,9-14,19H,4,8,15-18,20-21H2,1-3H3. The minimum atomic E-state index is -0.152. The maximum absolute atomic E-state index is 13.5. The Kier molecular flexibility index (Phi) is 9.67. The molecule has 0 saturated heterocycles. The Hall–Kier alpha value is -3.16. The Morgan fingerprint density at radius 1 is 0.941 bits per heavy atom. The SMILES string of the molecule is CCOCCCN(CC(=O)N(CCOC)Cc1cccn1C)C(=O)c1ccc2ccccc2c1. The Morgan fingerprint density at radius 2 is 1.74 bits per heavy atom. The summed E-state index contributed by atoms with van der Waals surface area (Å²) < 4.78 is 12.7.